The quantitative estimate of drug-likeness (QED) is 0.0265. The van der Waals surface area contributed by atoms with Crippen LogP contribution in [0.3, 0.4) is 0 Å². The highest BCUT2D eigenvalue weighted by Crippen LogP contribution is 2.43. The lowest BCUT2D eigenvalue weighted by Gasteiger charge is -2.19. The van der Waals surface area contributed by atoms with Crippen LogP contribution in [0.4, 0.5) is 0 Å². The molecule has 10 heteroatoms. The van der Waals surface area contributed by atoms with Crippen molar-refractivity contribution in [3.63, 3.8) is 0 Å². The van der Waals surface area contributed by atoms with Crippen LogP contribution in [0.2, 0.25) is 0 Å². The second-order valence-corrected chi connectivity index (χ2v) is 18.1. The minimum atomic E-state index is -4.38. The van der Waals surface area contributed by atoms with Gasteiger partial charge < -0.3 is 20.1 Å². The molecule has 0 heterocycles. The van der Waals surface area contributed by atoms with Gasteiger partial charge in [0.2, 0.25) is 0 Å². The van der Waals surface area contributed by atoms with Gasteiger partial charge in [0.15, 0.2) is 6.10 Å². The lowest BCUT2D eigenvalue weighted by molar-refractivity contribution is -0.161. The first kappa shape index (κ1) is 57.5. The Bertz CT molecular complexity index is 1020. The Morgan fingerprint density at radius 1 is 0.508 bits per heavy atom. The fourth-order valence-corrected chi connectivity index (χ4v) is 7.90. The molecule has 3 N–H and O–H groups in total. The zero-order valence-corrected chi connectivity index (χ0v) is 39.4. The first-order valence-electron chi connectivity index (χ1n) is 24.8. The number of nitrogens with two attached hydrogens (primary N) is 1. The van der Waals surface area contributed by atoms with Crippen LogP contribution >= 0.6 is 7.82 Å². The topological polar surface area (TPSA) is 134 Å². The fraction of sp³-hybridized carbons (Fsp3) is 0.878. The number of ether oxygens (including phenoxy) is 2. The highest BCUT2D eigenvalue weighted by atomic mass is 31.2. The lowest BCUT2D eigenvalue weighted by Crippen LogP contribution is -2.29. The smallest absolute Gasteiger partial charge is 0.462 e. The maximum atomic E-state index is 12.6. The average molecular weight is 856 g/mol. The Balaban J connectivity index is 4.05. The molecule has 0 saturated carbocycles. The van der Waals surface area contributed by atoms with Gasteiger partial charge in [0, 0.05) is 19.4 Å². The van der Waals surface area contributed by atoms with Gasteiger partial charge in [-0.25, -0.2) is 4.57 Å². The summed E-state index contributed by atoms with van der Waals surface area (Å²) in [6.45, 7) is 3.76. The van der Waals surface area contributed by atoms with Gasteiger partial charge in [-0.05, 0) is 44.9 Å². The number of allylic oxidation sites excluding steroid dienone is 4. The van der Waals surface area contributed by atoms with Crippen LogP contribution in [0.15, 0.2) is 24.3 Å². The van der Waals surface area contributed by atoms with Crippen LogP contribution in [-0.2, 0) is 32.7 Å². The van der Waals surface area contributed by atoms with Crippen LogP contribution < -0.4 is 5.73 Å². The molecule has 348 valence electrons. The largest absolute Gasteiger partial charge is 0.472 e. The van der Waals surface area contributed by atoms with E-state index in [1.165, 1.54) is 161 Å². The third kappa shape index (κ3) is 45.8. The molecule has 59 heavy (non-hydrogen) atoms. The molecule has 0 bridgehead atoms. The van der Waals surface area contributed by atoms with E-state index in [0.29, 0.717) is 6.42 Å². The second-order valence-electron chi connectivity index (χ2n) is 16.7. The van der Waals surface area contributed by atoms with Gasteiger partial charge in [-0.15, -0.1) is 0 Å². The predicted molar refractivity (Wildman–Crippen MR) is 247 cm³/mol. The minimum Gasteiger partial charge on any atom is -0.462 e. The number of hydrogen-bond acceptors (Lipinski definition) is 8. The van der Waals surface area contributed by atoms with E-state index in [9.17, 15) is 19.0 Å². The summed E-state index contributed by atoms with van der Waals surface area (Å²) in [7, 11) is -4.38. The summed E-state index contributed by atoms with van der Waals surface area (Å²) in [5.74, 6) is -0.821. The summed E-state index contributed by atoms with van der Waals surface area (Å²) >= 11 is 0. The monoisotopic (exact) mass is 856 g/mol. The van der Waals surface area contributed by atoms with E-state index < -0.39 is 26.5 Å². The summed E-state index contributed by atoms with van der Waals surface area (Å²) in [5.41, 5.74) is 5.36. The number of phosphoric acid groups is 1. The normalized spacial score (nSPS) is 13.4. The molecule has 0 aromatic heterocycles. The SMILES string of the molecule is CCCCCCC/C=C\C/C=C\CCCCCCCCCCCC(=O)OC(COC(=O)CCCCCCCCCCCCCCCCCCC)COP(=O)(O)OCCN. The number of hydrogen-bond donors (Lipinski definition) is 2. The van der Waals surface area contributed by atoms with Gasteiger partial charge in [-0.3, -0.25) is 18.6 Å². The first-order chi connectivity index (χ1) is 28.8. The summed E-state index contributed by atoms with van der Waals surface area (Å²) in [4.78, 5) is 35.0. The summed E-state index contributed by atoms with van der Waals surface area (Å²) in [5, 5.41) is 0. The highest BCUT2D eigenvalue weighted by Gasteiger charge is 2.26. The Hall–Kier alpha value is -1.51. The van der Waals surface area contributed by atoms with Crippen molar-refractivity contribution >= 4 is 19.8 Å². The third-order valence-electron chi connectivity index (χ3n) is 10.8. The third-order valence-corrected chi connectivity index (χ3v) is 11.8. The average Bonchev–Trinajstić information content (AvgIpc) is 3.22. The van der Waals surface area contributed by atoms with Gasteiger partial charge >= 0.3 is 19.8 Å². The molecule has 0 aliphatic rings. The van der Waals surface area contributed by atoms with E-state index in [2.05, 4.69) is 38.2 Å². The Labute approximate surface area is 363 Å². The second kappa shape index (κ2) is 46.0. The molecule has 9 nitrogen and oxygen atoms in total. The van der Waals surface area contributed by atoms with Crippen molar-refractivity contribution in [1.82, 2.24) is 0 Å². The lowest BCUT2D eigenvalue weighted by atomic mass is 10.0. The molecule has 0 saturated heterocycles. The van der Waals surface area contributed by atoms with Crippen molar-refractivity contribution in [2.24, 2.45) is 5.73 Å². The molecule has 0 aromatic rings. The van der Waals surface area contributed by atoms with E-state index in [1.807, 2.05) is 0 Å². The van der Waals surface area contributed by atoms with Crippen LogP contribution in [0.5, 0.6) is 0 Å². The zero-order chi connectivity index (χ0) is 43.2. The maximum absolute atomic E-state index is 12.6. The highest BCUT2D eigenvalue weighted by molar-refractivity contribution is 7.47. The summed E-state index contributed by atoms with van der Waals surface area (Å²) in [6.07, 6.45) is 50.6. The molecule has 0 aliphatic heterocycles. The zero-order valence-electron chi connectivity index (χ0n) is 38.5. The van der Waals surface area contributed by atoms with Gasteiger partial charge in [0.1, 0.15) is 6.61 Å². The van der Waals surface area contributed by atoms with Gasteiger partial charge in [0.25, 0.3) is 0 Å². The number of phosphoric ester groups is 1. The van der Waals surface area contributed by atoms with Crippen LogP contribution in [-0.4, -0.2) is 49.3 Å². The Morgan fingerprint density at radius 2 is 0.881 bits per heavy atom. The summed E-state index contributed by atoms with van der Waals surface area (Å²) < 4.78 is 32.9. The van der Waals surface area contributed by atoms with Crippen molar-refractivity contribution in [2.45, 2.75) is 251 Å². The van der Waals surface area contributed by atoms with E-state index in [1.54, 1.807) is 0 Å². The fourth-order valence-electron chi connectivity index (χ4n) is 7.14. The van der Waals surface area contributed by atoms with Crippen molar-refractivity contribution in [2.75, 3.05) is 26.4 Å². The van der Waals surface area contributed by atoms with Gasteiger partial charge in [0.05, 0.1) is 13.2 Å². The number of carbonyl (C=O) groups excluding carboxylic acids is 2. The van der Waals surface area contributed by atoms with Crippen LogP contribution in [0, 0.1) is 0 Å². The minimum absolute atomic E-state index is 0.0545. The molecule has 0 aromatic carbocycles. The number of esters is 2. The Morgan fingerprint density at radius 3 is 1.29 bits per heavy atom. The molecular weight excluding hydrogens is 762 g/mol. The van der Waals surface area contributed by atoms with Gasteiger partial charge in [-0.2, -0.15) is 0 Å². The maximum Gasteiger partial charge on any atom is 0.472 e. The molecule has 0 rings (SSSR count). The van der Waals surface area contributed by atoms with E-state index in [-0.39, 0.29) is 38.6 Å². The predicted octanol–water partition coefficient (Wildman–Crippen LogP) is 14.7. The van der Waals surface area contributed by atoms with Crippen molar-refractivity contribution in [3.05, 3.63) is 24.3 Å². The molecule has 0 aliphatic carbocycles. The molecule has 0 amide bonds. The van der Waals surface area contributed by atoms with E-state index in [4.69, 9.17) is 24.3 Å². The van der Waals surface area contributed by atoms with Crippen LogP contribution in [0.25, 0.3) is 0 Å². The van der Waals surface area contributed by atoms with Gasteiger partial charge in [-0.1, -0.05) is 212 Å². The van der Waals surface area contributed by atoms with E-state index in [0.717, 1.165) is 51.4 Å². The standard InChI is InChI=1S/C49H94NO8P/c1-3-5-7-9-11-13-15-17-19-21-22-23-24-26-28-30-32-34-36-38-40-42-49(52)58-47(46-57-59(53,54)56-44-43-50)45-55-48(51)41-39-37-35-33-31-29-27-25-20-18-16-14-12-10-8-6-4-2/h15,17,21-22,47H,3-14,16,18-20,23-46,50H2,1-2H3,(H,53,54)/b17-15-,22-21-. The molecule has 2 unspecified atom stereocenters. The molecule has 0 spiro atoms. The van der Waals surface area contributed by atoms with Crippen molar-refractivity contribution < 1.29 is 37.6 Å². The molecular formula is C49H94NO8P. The molecule has 0 fully saturated rings. The van der Waals surface area contributed by atoms with Crippen molar-refractivity contribution in [1.29, 1.82) is 0 Å². The number of rotatable bonds is 47. The van der Waals surface area contributed by atoms with Crippen LogP contribution in [0.1, 0.15) is 245 Å². The number of unbranched alkanes of at least 4 members (excludes halogenated alkanes) is 30. The summed E-state index contributed by atoms with van der Waals surface area (Å²) in [6, 6.07) is 0. The molecule has 2 atom stereocenters. The first-order valence-corrected chi connectivity index (χ1v) is 26.3. The van der Waals surface area contributed by atoms with Crippen molar-refractivity contribution in [3.8, 4) is 0 Å². The Kier molecular flexibility index (Phi) is 44.8. The van der Waals surface area contributed by atoms with E-state index >= 15 is 0 Å². The molecule has 0 radical (unpaired) electrons. The number of carbonyl (C=O) groups is 2.